The molecular formula is C21H23N5O. The smallest absolute Gasteiger partial charge is 0.272 e. The lowest BCUT2D eigenvalue weighted by molar-refractivity contribution is 0.0670. The Bertz CT molecular complexity index is 927. The van der Waals surface area contributed by atoms with Gasteiger partial charge in [0.1, 0.15) is 5.69 Å². The van der Waals surface area contributed by atoms with Crippen LogP contribution >= 0.6 is 0 Å². The second kappa shape index (κ2) is 6.68. The van der Waals surface area contributed by atoms with Gasteiger partial charge in [-0.25, -0.2) is 9.67 Å². The van der Waals surface area contributed by atoms with Gasteiger partial charge in [0, 0.05) is 31.4 Å². The van der Waals surface area contributed by atoms with Crippen LogP contribution in [-0.4, -0.2) is 43.2 Å². The van der Waals surface area contributed by atoms with Crippen molar-refractivity contribution in [2.24, 2.45) is 0 Å². The molecule has 27 heavy (non-hydrogen) atoms. The number of likely N-dealkylation sites (tertiary alicyclic amines) is 1. The first-order valence-corrected chi connectivity index (χ1v) is 9.72. The number of imidazole rings is 1. The van der Waals surface area contributed by atoms with E-state index in [4.69, 9.17) is 5.10 Å². The van der Waals surface area contributed by atoms with Gasteiger partial charge < -0.3 is 9.47 Å². The predicted octanol–water partition coefficient (Wildman–Crippen LogP) is 3.42. The van der Waals surface area contributed by atoms with Gasteiger partial charge in [-0.3, -0.25) is 4.79 Å². The molecule has 6 heteroatoms. The highest BCUT2D eigenvalue weighted by Crippen LogP contribution is 2.40. The molecule has 1 saturated heterocycles. The third-order valence-electron chi connectivity index (χ3n) is 5.57. The van der Waals surface area contributed by atoms with Crippen LogP contribution in [0.4, 0.5) is 0 Å². The summed E-state index contributed by atoms with van der Waals surface area (Å²) in [7, 11) is 0. The van der Waals surface area contributed by atoms with Crippen molar-refractivity contribution in [1.82, 2.24) is 24.2 Å². The number of piperidine rings is 1. The highest BCUT2D eigenvalue weighted by atomic mass is 16.2. The normalized spacial score (nSPS) is 20.0. The van der Waals surface area contributed by atoms with Gasteiger partial charge in [0.15, 0.2) is 0 Å². The van der Waals surface area contributed by atoms with Crippen LogP contribution in [0.3, 0.4) is 0 Å². The van der Waals surface area contributed by atoms with E-state index in [0.29, 0.717) is 24.2 Å². The summed E-state index contributed by atoms with van der Waals surface area (Å²) in [5, 5.41) is 4.78. The topological polar surface area (TPSA) is 56.0 Å². The lowest BCUT2D eigenvalue weighted by atomic mass is 10.1. The molecule has 1 amide bonds. The van der Waals surface area contributed by atoms with Crippen molar-refractivity contribution in [3.8, 4) is 5.69 Å². The fourth-order valence-electron chi connectivity index (χ4n) is 3.93. The average Bonchev–Trinajstić information content (AvgIpc) is 3.25. The van der Waals surface area contributed by atoms with Gasteiger partial charge in [0.25, 0.3) is 5.91 Å². The minimum absolute atomic E-state index is 0.0723. The molecule has 0 spiro atoms. The summed E-state index contributed by atoms with van der Waals surface area (Å²) in [6, 6.07) is 12.3. The van der Waals surface area contributed by atoms with Gasteiger partial charge in [0.2, 0.25) is 0 Å². The van der Waals surface area contributed by atoms with E-state index in [-0.39, 0.29) is 5.91 Å². The zero-order valence-electron chi connectivity index (χ0n) is 15.2. The number of para-hydroxylation sites is 1. The Kier molecular flexibility index (Phi) is 4.03. The molecule has 0 bridgehead atoms. The van der Waals surface area contributed by atoms with Crippen molar-refractivity contribution in [3.05, 3.63) is 66.5 Å². The molecule has 1 atom stereocenters. The Morgan fingerprint density at radius 1 is 1.11 bits per heavy atom. The molecule has 2 aromatic heterocycles. The van der Waals surface area contributed by atoms with Crippen LogP contribution in [0.25, 0.3) is 5.69 Å². The van der Waals surface area contributed by atoms with Crippen LogP contribution in [0.1, 0.15) is 53.8 Å². The molecule has 3 heterocycles. The van der Waals surface area contributed by atoms with Crippen LogP contribution in [0.5, 0.6) is 0 Å². The first-order chi connectivity index (χ1) is 13.3. The second-order valence-corrected chi connectivity index (χ2v) is 7.53. The van der Waals surface area contributed by atoms with Crippen LogP contribution in [-0.2, 0) is 0 Å². The van der Waals surface area contributed by atoms with Crippen LogP contribution < -0.4 is 0 Å². The SMILES string of the molecule is O=C(c1cc(C2CC2)nn1-c1ccccc1)N1CCCC(n2ccnc2)C1. The Morgan fingerprint density at radius 2 is 1.96 bits per heavy atom. The summed E-state index contributed by atoms with van der Waals surface area (Å²) < 4.78 is 3.94. The van der Waals surface area contributed by atoms with Crippen molar-refractivity contribution < 1.29 is 4.79 Å². The number of aromatic nitrogens is 4. The van der Waals surface area contributed by atoms with Crippen molar-refractivity contribution >= 4 is 5.91 Å². The minimum Gasteiger partial charge on any atom is -0.335 e. The van der Waals surface area contributed by atoms with Gasteiger partial charge in [-0.05, 0) is 43.9 Å². The largest absolute Gasteiger partial charge is 0.335 e. The Morgan fingerprint density at radius 3 is 2.70 bits per heavy atom. The van der Waals surface area contributed by atoms with E-state index in [0.717, 1.165) is 30.8 Å². The molecule has 1 unspecified atom stereocenters. The molecule has 1 aliphatic heterocycles. The van der Waals surface area contributed by atoms with Crippen LogP contribution in [0.2, 0.25) is 0 Å². The Hall–Kier alpha value is -2.89. The zero-order valence-corrected chi connectivity index (χ0v) is 15.2. The van der Waals surface area contributed by atoms with E-state index in [1.807, 2.05) is 58.5 Å². The summed E-state index contributed by atoms with van der Waals surface area (Å²) in [6.07, 6.45) is 10.1. The molecule has 138 valence electrons. The highest BCUT2D eigenvalue weighted by Gasteiger charge is 2.32. The summed E-state index contributed by atoms with van der Waals surface area (Å²) in [5.41, 5.74) is 2.66. The number of amides is 1. The number of benzene rings is 1. The molecule has 1 aliphatic carbocycles. The number of rotatable bonds is 4. The minimum atomic E-state index is 0.0723. The molecule has 2 fully saturated rings. The maximum Gasteiger partial charge on any atom is 0.272 e. The van der Waals surface area contributed by atoms with E-state index in [9.17, 15) is 4.79 Å². The summed E-state index contributed by atoms with van der Waals surface area (Å²) >= 11 is 0. The average molecular weight is 361 g/mol. The van der Waals surface area contributed by atoms with Gasteiger partial charge in [-0.2, -0.15) is 5.10 Å². The third-order valence-corrected chi connectivity index (χ3v) is 5.57. The van der Waals surface area contributed by atoms with Crippen molar-refractivity contribution in [2.45, 2.75) is 37.6 Å². The Balaban J connectivity index is 1.45. The zero-order chi connectivity index (χ0) is 18.2. The number of carbonyl (C=O) groups excluding carboxylic acids is 1. The van der Waals surface area contributed by atoms with Gasteiger partial charge in [-0.1, -0.05) is 18.2 Å². The second-order valence-electron chi connectivity index (χ2n) is 7.53. The quantitative estimate of drug-likeness (QED) is 0.715. The summed E-state index contributed by atoms with van der Waals surface area (Å²) in [5.74, 6) is 0.588. The lowest BCUT2D eigenvalue weighted by Gasteiger charge is -2.33. The standard InChI is InChI=1S/C21H23N5O/c27-21(24-11-4-7-18(14-24)25-12-10-22-15-25)20-13-19(16-8-9-16)23-26(20)17-5-2-1-3-6-17/h1-3,5-6,10,12-13,15-16,18H,4,7-9,11,14H2. The van der Waals surface area contributed by atoms with Crippen molar-refractivity contribution in [2.75, 3.05) is 13.1 Å². The third kappa shape index (κ3) is 3.16. The number of nitrogens with zero attached hydrogens (tertiary/aromatic N) is 5. The van der Waals surface area contributed by atoms with Crippen molar-refractivity contribution in [1.29, 1.82) is 0 Å². The van der Waals surface area contributed by atoms with E-state index in [1.165, 1.54) is 12.8 Å². The summed E-state index contributed by atoms with van der Waals surface area (Å²) in [4.78, 5) is 19.5. The molecular weight excluding hydrogens is 338 g/mol. The van der Waals surface area contributed by atoms with Gasteiger partial charge >= 0.3 is 0 Å². The van der Waals surface area contributed by atoms with E-state index < -0.39 is 0 Å². The number of hydrogen-bond acceptors (Lipinski definition) is 3. The van der Waals surface area contributed by atoms with Gasteiger partial charge in [0.05, 0.1) is 23.8 Å². The molecule has 1 saturated carbocycles. The summed E-state index contributed by atoms with van der Waals surface area (Å²) in [6.45, 7) is 1.51. The van der Waals surface area contributed by atoms with E-state index >= 15 is 0 Å². The van der Waals surface area contributed by atoms with Crippen LogP contribution in [0, 0.1) is 0 Å². The molecule has 0 radical (unpaired) electrons. The van der Waals surface area contributed by atoms with Crippen molar-refractivity contribution in [3.63, 3.8) is 0 Å². The first kappa shape index (κ1) is 16.3. The molecule has 5 rings (SSSR count). The number of carbonyl (C=O) groups is 1. The predicted molar refractivity (Wildman–Crippen MR) is 102 cm³/mol. The highest BCUT2D eigenvalue weighted by molar-refractivity contribution is 5.93. The maximum atomic E-state index is 13.4. The molecule has 2 aliphatic rings. The molecule has 0 N–H and O–H groups in total. The van der Waals surface area contributed by atoms with E-state index in [2.05, 4.69) is 9.55 Å². The first-order valence-electron chi connectivity index (χ1n) is 9.72. The monoisotopic (exact) mass is 361 g/mol. The fraction of sp³-hybridized carbons (Fsp3) is 0.381. The number of hydrogen-bond donors (Lipinski definition) is 0. The molecule has 6 nitrogen and oxygen atoms in total. The Labute approximate surface area is 158 Å². The van der Waals surface area contributed by atoms with Crippen LogP contribution in [0.15, 0.2) is 55.1 Å². The molecule has 1 aromatic carbocycles. The maximum absolute atomic E-state index is 13.4. The lowest BCUT2D eigenvalue weighted by Crippen LogP contribution is -2.41. The van der Waals surface area contributed by atoms with E-state index in [1.54, 1.807) is 6.20 Å². The van der Waals surface area contributed by atoms with Gasteiger partial charge in [-0.15, -0.1) is 0 Å². The fourth-order valence-corrected chi connectivity index (χ4v) is 3.93. The molecule has 3 aromatic rings.